The van der Waals surface area contributed by atoms with Crippen LogP contribution >= 0.6 is 0 Å². The molecule has 0 unspecified atom stereocenters. The summed E-state index contributed by atoms with van der Waals surface area (Å²) in [5, 5.41) is 0. The second kappa shape index (κ2) is 28.3. The first-order valence-electron chi connectivity index (χ1n) is 19.5. The SMILES string of the molecule is CCCCCCN(CCCC)CCCCOCc1ccccc1-c1ccccc1COCCCCN(CCCC)CCCCCC. The van der Waals surface area contributed by atoms with Gasteiger partial charge in [-0.2, -0.15) is 0 Å². The van der Waals surface area contributed by atoms with E-state index in [1.54, 1.807) is 0 Å². The molecule has 0 saturated heterocycles. The summed E-state index contributed by atoms with van der Waals surface area (Å²) in [5.74, 6) is 0. The van der Waals surface area contributed by atoms with Crippen molar-refractivity contribution in [2.24, 2.45) is 0 Å². The van der Waals surface area contributed by atoms with Crippen LogP contribution in [0.25, 0.3) is 11.1 Å². The normalized spacial score (nSPS) is 11.7. The van der Waals surface area contributed by atoms with Crippen LogP contribution in [0.3, 0.4) is 0 Å². The lowest BCUT2D eigenvalue weighted by molar-refractivity contribution is 0.113. The number of nitrogens with zero attached hydrogens (tertiary/aromatic N) is 2. The fraction of sp³-hybridized carbons (Fsp3) is 0.714. The first-order valence-corrected chi connectivity index (χ1v) is 19.5. The molecule has 46 heavy (non-hydrogen) atoms. The zero-order valence-corrected chi connectivity index (χ0v) is 30.7. The Morgan fingerprint density at radius 1 is 0.391 bits per heavy atom. The first kappa shape index (κ1) is 40.5. The zero-order valence-electron chi connectivity index (χ0n) is 30.7. The third-order valence-electron chi connectivity index (χ3n) is 9.18. The number of hydrogen-bond donors (Lipinski definition) is 0. The Kier molecular flexibility index (Phi) is 24.9. The average molecular weight is 637 g/mol. The van der Waals surface area contributed by atoms with Crippen molar-refractivity contribution in [3.63, 3.8) is 0 Å². The molecule has 4 nitrogen and oxygen atoms in total. The van der Waals surface area contributed by atoms with Crippen LogP contribution in [0.5, 0.6) is 0 Å². The van der Waals surface area contributed by atoms with Crippen LogP contribution < -0.4 is 0 Å². The van der Waals surface area contributed by atoms with Crippen molar-refractivity contribution in [2.75, 3.05) is 52.5 Å². The van der Waals surface area contributed by atoms with Gasteiger partial charge in [0.05, 0.1) is 13.2 Å². The predicted octanol–water partition coefficient (Wildman–Crippen LogP) is 11.3. The van der Waals surface area contributed by atoms with Gasteiger partial charge in [-0.15, -0.1) is 0 Å². The van der Waals surface area contributed by atoms with Gasteiger partial charge in [-0.25, -0.2) is 0 Å². The second-order valence-corrected chi connectivity index (χ2v) is 13.3. The van der Waals surface area contributed by atoms with Crippen molar-refractivity contribution in [3.8, 4) is 11.1 Å². The summed E-state index contributed by atoms with van der Waals surface area (Å²) in [4.78, 5) is 5.37. The number of unbranched alkanes of at least 4 members (excludes halogenated alkanes) is 10. The van der Waals surface area contributed by atoms with Crippen LogP contribution in [0.15, 0.2) is 48.5 Å². The summed E-state index contributed by atoms with van der Waals surface area (Å²) in [6.07, 6.45) is 20.6. The quantitative estimate of drug-likeness (QED) is 0.0769. The molecule has 0 heterocycles. The van der Waals surface area contributed by atoms with E-state index in [0.29, 0.717) is 13.2 Å². The molecule has 0 spiro atoms. The monoisotopic (exact) mass is 637 g/mol. The Balaban J connectivity index is 1.77. The predicted molar refractivity (Wildman–Crippen MR) is 201 cm³/mol. The minimum Gasteiger partial charge on any atom is -0.377 e. The van der Waals surface area contributed by atoms with Crippen molar-refractivity contribution in [1.82, 2.24) is 9.80 Å². The highest BCUT2D eigenvalue weighted by Crippen LogP contribution is 2.28. The lowest BCUT2D eigenvalue weighted by Gasteiger charge is -2.22. The number of rotatable bonds is 31. The third kappa shape index (κ3) is 18.6. The molecule has 4 heteroatoms. The van der Waals surface area contributed by atoms with E-state index in [-0.39, 0.29) is 0 Å². The molecular weight excluding hydrogens is 564 g/mol. The molecule has 0 aliphatic rings. The van der Waals surface area contributed by atoms with Crippen LogP contribution in [0.4, 0.5) is 0 Å². The first-order chi connectivity index (χ1) is 22.7. The van der Waals surface area contributed by atoms with Gasteiger partial charge in [0.2, 0.25) is 0 Å². The fourth-order valence-electron chi connectivity index (χ4n) is 6.22. The summed E-state index contributed by atoms with van der Waals surface area (Å²) >= 11 is 0. The van der Waals surface area contributed by atoms with E-state index in [1.165, 1.54) is 151 Å². The standard InChI is InChI=1S/C42H72N2O2/c1-5-9-13-19-31-43(29-11-7-3)33-21-23-35-45-37-39-25-15-17-27-41(39)42-28-18-16-26-40(42)38-46-36-24-22-34-44(30-12-8-4)32-20-14-10-6-2/h15-18,25-28H,5-14,19-24,29-38H2,1-4H3. The van der Waals surface area contributed by atoms with E-state index in [0.717, 1.165) is 26.1 Å². The van der Waals surface area contributed by atoms with E-state index in [9.17, 15) is 0 Å². The Bertz CT molecular complexity index is 887. The summed E-state index contributed by atoms with van der Waals surface area (Å²) in [7, 11) is 0. The second-order valence-electron chi connectivity index (χ2n) is 13.3. The highest BCUT2D eigenvalue weighted by Gasteiger charge is 2.11. The molecule has 2 aromatic rings. The van der Waals surface area contributed by atoms with E-state index in [4.69, 9.17) is 9.47 Å². The van der Waals surface area contributed by atoms with Gasteiger partial charge < -0.3 is 19.3 Å². The molecule has 262 valence electrons. The summed E-state index contributed by atoms with van der Waals surface area (Å²) < 4.78 is 12.5. The maximum Gasteiger partial charge on any atom is 0.0722 e. The maximum absolute atomic E-state index is 6.25. The van der Waals surface area contributed by atoms with Crippen LogP contribution in [-0.2, 0) is 22.7 Å². The molecule has 2 aromatic carbocycles. The topological polar surface area (TPSA) is 24.9 Å². The molecule has 0 aliphatic heterocycles. The molecular formula is C42H72N2O2. The van der Waals surface area contributed by atoms with Gasteiger partial charge in [-0.3, -0.25) is 0 Å². The summed E-state index contributed by atoms with van der Waals surface area (Å²) in [6, 6.07) is 17.5. The fourth-order valence-corrected chi connectivity index (χ4v) is 6.22. The Morgan fingerprint density at radius 3 is 1.13 bits per heavy atom. The smallest absolute Gasteiger partial charge is 0.0722 e. The molecule has 0 aromatic heterocycles. The Labute approximate surface area is 285 Å². The van der Waals surface area contributed by atoms with Crippen LogP contribution in [0, 0.1) is 0 Å². The van der Waals surface area contributed by atoms with Gasteiger partial charge in [0.15, 0.2) is 0 Å². The third-order valence-corrected chi connectivity index (χ3v) is 9.18. The van der Waals surface area contributed by atoms with Gasteiger partial charge in [0, 0.05) is 13.2 Å². The van der Waals surface area contributed by atoms with E-state index in [2.05, 4.69) is 86.0 Å². The van der Waals surface area contributed by atoms with E-state index < -0.39 is 0 Å². The molecule has 0 atom stereocenters. The maximum atomic E-state index is 6.25. The van der Waals surface area contributed by atoms with Gasteiger partial charge in [0.25, 0.3) is 0 Å². The van der Waals surface area contributed by atoms with Crippen molar-refractivity contribution in [1.29, 1.82) is 0 Å². The van der Waals surface area contributed by atoms with Crippen molar-refractivity contribution >= 4 is 0 Å². The summed E-state index contributed by atoms with van der Waals surface area (Å²) in [5.41, 5.74) is 5.08. The van der Waals surface area contributed by atoms with Crippen molar-refractivity contribution in [2.45, 2.75) is 144 Å². The largest absolute Gasteiger partial charge is 0.377 e. The molecule has 0 N–H and O–H groups in total. The van der Waals surface area contributed by atoms with Crippen LogP contribution in [0.1, 0.15) is 142 Å². The van der Waals surface area contributed by atoms with E-state index >= 15 is 0 Å². The average Bonchev–Trinajstić information content (AvgIpc) is 3.08. The van der Waals surface area contributed by atoms with Gasteiger partial charge in [-0.05, 0) is 113 Å². The lowest BCUT2D eigenvalue weighted by atomic mass is 9.96. The Hall–Kier alpha value is -1.72. The minimum atomic E-state index is 0.662. The molecule has 0 amide bonds. The molecule has 2 rings (SSSR count). The van der Waals surface area contributed by atoms with Gasteiger partial charge in [0.1, 0.15) is 0 Å². The number of hydrogen-bond acceptors (Lipinski definition) is 4. The van der Waals surface area contributed by atoms with E-state index in [1.807, 2.05) is 0 Å². The highest BCUT2D eigenvalue weighted by atomic mass is 16.5. The molecule has 0 bridgehead atoms. The molecule has 0 saturated carbocycles. The van der Waals surface area contributed by atoms with Crippen molar-refractivity contribution < 1.29 is 9.47 Å². The zero-order chi connectivity index (χ0) is 32.9. The highest BCUT2D eigenvalue weighted by molar-refractivity contribution is 5.70. The molecule has 0 radical (unpaired) electrons. The number of ether oxygens (including phenoxy) is 2. The molecule has 0 aliphatic carbocycles. The summed E-state index contributed by atoms with van der Waals surface area (Å²) in [6.45, 7) is 19.6. The lowest BCUT2D eigenvalue weighted by Crippen LogP contribution is -2.27. The van der Waals surface area contributed by atoms with Crippen LogP contribution in [-0.4, -0.2) is 62.3 Å². The molecule has 0 fully saturated rings. The van der Waals surface area contributed by atoms with Gasteiger partial charge >= 0.3 is 0 Å². The Morgan fingerprint density at radius 2 is 0.739 bits per heavy atom. The van der Waals surface area contributed by atoms with Gasteiger partial charge in [-0.1, -0.05) is 128 Å². The number of benzene rings is 2. The minimum absolute atomic E-state index is 0.662. The van der Waals surface area contributed by atoms with Crippen molar-refractivity contribution in [3.05, 3.63) is 59.7 Å². The van der Waals surface area contributed by atoms with Crippen LogP contribution in [0.2, 0.25) is 0 Å².